The maximum absolute atomic E-state index is 12.9. The number of nitrogens with zero attached hydrogens (tertiary/aromatic N) is 3. The van der Waals surface area contributed by atoms with E-state index in [0.29, 0.717) is 15.8 Å². The lowest BCUT2D eigenvalue weighted by Gasteiger charge is -2.20. The van der Waals surface area contributed by atoms with Crippen LogP contribution in [0.2, 0.25) is 0 Å². The molecule has 0 atom stereocenters. The summed E-state index contributed by atoms with van der Waals surface area (Å²) < 4.78 is 27.6. The fourth-order valence-corrected chi connectivity index (χ4v) is 4.60. The predicted molar refractivity (Wildman–Crippen MR) is 130 cm³/mol. The van der Waals surface area contributed by atoms with Crippen molar-refractivity contribution in [1.82, 2.24) is 4.31 Å². The summed E-state index contributed by atoms with van der Waals surface area (Å²) in [5.74, 6) is 0.00323. The van der Waals surface area contributed by atoms with Crippen LogP contribution < -0.4 is 0 Å². The summed E-state index contributed by atoms with van der Waals surface area (Å²) >= 11 is 3.36. The van der Waals surface area contributed by atoms with E-state index in [0.717, 1.165) is 11.1 Å². The van der Waals surface area contributed by atoms with Crippen molar-refractivity contribution in [3.63, 3.8) is 0 Å². The van der Waals surface area contributed by atoms with Gasteiger partial charge in [-0.05, 0) is 68.9 Å². The highest BCUT2D eigenvalue weighted by Gasteiger charge is 2.21. The molecule has 0 bridgehead atoms. The molecule has 0 spiro atoms. The van der Waals surface area contributed by atoms with Crippen molar-refractivity contribution in [1.29, 1.82) is 0 Å². The number of sulfonamides is 1. The molecule has 0 aliphatic rings. The molecule has 168 valence electrons. The van der Waals surface area contributed by atoms with Crippen LogP contribution in [0.25, 0.3) is 0 Å². The van der Waals surface area contributed by atoms with Crippen molar-refractivity contribution in [2.24, 2.45) is 10.2 Å². The monoisotopic (exact) mass is 515 g/mol. The zero-order chi connectivity index (χ0) is 23.5. The van der Waals surface area contributed by atoms with Gasteiger partial charge in [-0.3, -0.25) is 0 Å². The van der Waals surface area contributed by atoms with E-state index >= 15 is 0 Å². The lowest BCUT2D eigenvalue weighted by atomic mass is 9.87. The van der Waals surface area contributed by atoms with E-state index in [2.05, 4.69) is 46.9 Å². The second-order valence-electron chi connectivity index (χ2n) is 8.52. The van der Waals surface area contributed by atoms with Gasteiger partial charge < -0.3 is 5.11 Å². The maximum Gasteiger partial charge on any atom is 0.243 e. The molecule has 0 saturated heterocycles. The van der Waals surface area contributed by atoms with Gasteiger partial charge in [0.15, 0.2) is 5.75 Å². The standard InChI is InChI=1S/C24H26BrN3O3S/c1-24(2,3)18-14-21(25)23(29)22(15-18)27-26-19-10-12-20(13-11-19)32(30,31)28(4)16-17-8-6-5-7-9-17/h5-15,29H,16H2,1-4H3. The summed E-state index contributed by atoms with van der Waals surface area (Å²) in [5.41, 5.74) is 2.60. The molecule has 6 nitrogen and oxygen atoms in total. The predicted octanol–water partition coefficient (Wildman–Crippen LogP) is 6.69. The SMILES string of the molecule is CN(Cc1ccccc1)S(=O)(=O)c1ccc(N=Nc2cc(C(C)(C)C)cc(Br)c2O)cc1. The Bertz CT molecular complexity index is 1220. The van der Waals surface area contributed by atoms with Crippen LogP contribution in [0.3, 0.4) is 0 Å². The smallest absolute Gasteiger partial charge is 0.243 e. The lowest BCUT2D eigenvalue weighted by molar-refractivity contribution is 0.466. The van der Waals surface area contributed by atoms with Crippen LogP contribution >= 0.6 is 15.9 Å². The normalized spacial score (nSPS) is 12.6. The first kappa shape index (κ1) is 24.1. The Hall–Kier alpha value is -2.55. The zero-order valence-electron chi connectivity index (χ0n) is 18.4. The Morgan fingerprint density at radius 3 is 2.19 bits per heavy atom. The van der Waals surface area contributed by atoms with Gasteiger partial charge in [0.2, 0.25) is 10.0 Å². The van der Waals surface area contributed by atoms with E-state index in [1.54, 1.807) is 25.2 Å². The summed E-state index contributed by atoms with van der Waals surface area (Å²) in [6.45, 7) is 6.49. The number of aromatic hydroxyl groups is 1. The average Bonchev–Trinajstić information content (AvgIpc) is 2.75. The van der Waals surface area contributed by atoms with Gasteiger partial charge in [0.05, 0.1) is 15.1 Å². The van der Waals surface area contributed by atoms with Crippen LogP contribution in [0.1, 0.15) is 31.9 Å². The van der Waals surface area contributed by atoms with Crippen LogP contribution in [0.5, 0.6) is 5.75 Å². The molecule has 1 N–H and O–H groups in total. The lowest BCUT2D eigenvalue weighted by Crippen LogP contribution is -2.26. The molecule has 0 aliphatic heterocycles. The number of rotatable bonds is 6. The Kier molecular flexibility index (Phi) is 7.17. The summed E-state index contributed by atoms with van der Waals surface area (Å²) in [6, 6.07) is 19.3. The highest BCUT2D eigenvalue weighted by Crippen LogP contribution is 2.39. The molecular weight excluding hydrogens is 490 g/mol. The molecule has 0 amide bonds. The van der Waals surface area contributed by atoms with Crippen LogP contribution in [-0.4, -0.2) is 24.9 Å². The second-order valence-corrected chi connectivity index (χ2v) is 11.4. The molecule has 0 aromatic heterocycles. The van der Waals surface area contributed by atoms with E-state index in [4.69, 9.17) is 0 Å². The van der Waals surface area contributed by atoms with Gasteiger partial charge in [-0.25, -0.2) is 8.42 Å². The Morgan fingerprint density at radius 1 is 0.969 bits per heavy atom. The molecule has 3 aromatic carbocycles. The highest BCUT2D eigenvalue weighted by molar-refractivity contribution is 9.10. The van der Waals surface area contributed by atoms with Crippen LogP contribution in [0.15, 0.2) is 86.3 Å². The van der Waals surface area contributed by atoms with Crippen molar-refractivity contribution >= 4 is 37.3 Å². The second kappa shape index (κ2) is 9.52. The molecule has 3 aromatic rings. The maximum atomic E-state index is 12.9. The van der Waals surface area contributed by atoms with Crippen molar-refractivity contribution < 1.29 is 13.5 Å². The van der Waals surface area contributed by atoms with Gasteiger partial charge in [-0.15, -0.1) is 5.11 Å². The minimum absolute atomic E-state index is 0.00323. The molecule has 32 heavy (non-hydrogen) atoms. The Morgan fingerprint density at radius 2 is 1.59 bits per heavy atom. The highest BCUT2D eigenvalue weighted by atomic mass is 79.9. The van der Waals surface area contributed by atoms with Crippen LogP contribution in [0.4, 0.5) is 11.4 Å². The van der Waals surface area contributed by atoms with Crippen LogP contribution in [0, 0.1) is 0 Å². The number of phenols is 1. The van der Waals surface area contributed by atoms with E-state index in [9.17, 15) is 13.5 Å². The number of halogens is 1. The van der Waals surface area contributed by atoms with Crippen molar-refractivity contribution in [3.05, 3.63) is 82.3 Å². The van der Waals surface area contributed by atoms with Crippen molar-refractivity contribution in [2.75, 3.05) is 7.05 Å². The molecule has 8 heteroatoms. The third-order valence-corrected chi connectivity index (χ3v) is 7.40. The largest absolute Gasteiger partial charge is 0.505 e. The van der Waals surface area contributed by atoms with E-state index < -0.39 is 10.0 Å². The molecule has 0 radical (unpaired) electrons. The molecule has 0 unspecified atom stereocenters. The number of azo groups is 1. The van der Waals surface area contributed by atoms with Crippen molar-refractivity contribution in [2.45, 2.75) is 37.6 Å². The quantitative estimate of drug-likeness (QED) is 0.371. The van der Waals surface area contributed by atoms with E-state index in [-0.39, 0.29) is 22.6 Å². The number of benzene rings is 3. The van der Waals surface area contributed by atoms with Crippen molar-refractivity contribution in [3.8, 4) is 5.75 Å². The Labute approximate surface area is 197 Å². The first-order valence-electron chi connectivity index (χ1n) is 10.0. The molecule has 0 fully saturated rings. The first-order valence-corrected chi connectivity index (χ1v) is 12.3. The molecule has 0 saturated carbocycles. The van der Waals surface area contributed by atoms with Gasteiger partial charge in [-0.1, -0.05) is 51.1 Å². The summed E-state index contributed by atoms with van der Waals surface area (Å²) in [5, 5.41) is 18.7. The molecular formula is C24H26BrN3O3S. The van der Waals surface area contributed by atoms with Crippen LogP contribution in [-0.2, 0) is 22.0 Å². The van der Waals surface area contributed by atoms with E-state index in [1.165, 1.54) is 16.4 Å². The minimum Gasteiger partial charge on any atom is -0.505 e. The van der Waals surface area contributed by atoms with Gasteiger partial charge in [-0.2, -0.15) is 9.42 Å². The zero-order valence-corrected chi connectivity index (χ0v) is 20.9. The van der Waals surface area contributed by atoms with E-state index in [1.807, 2.05) is 36.4 Å². The molecule has 0 heterocycles. The third-order valence-electron chi connectivity index (χ3n) is 4.98. The fraction of sp³-hybridized carbons (Fsp3) is 0.250. The van der Waals surface area contributed by atoms with Gasteiger partial charge in [0.1, 0.15) is 5.69 Å². The molecule has 0 aliphatic carbocycles. The topological polar surface area (TPSA) is 82.3 Å². The number of phenolic OH excluding ortho intramolecular Hbond substituents is 1. The number of hydrogen-bond donors (Lipinski definition) is 1. The van der Waals surface area contributed by atoms with Gasteiger partial charge >= 0.3 is 0 Å². The fourth-order valence-electron chi connectivity index (χ4n) is 3.00. The summed E-state index contributed by atoms with van der Waals surface area (Å²) in [4.78, 5) is 0.176. The third kappa shape index (κ3) is 5.62. The number of hydrogen-bond acceptors (Lipinski definition) is 5. The first-order chi connectivity index (χ1) is 15.0. The van der Waals surface area contributed by atoms with Gasteiger partial charge in [0.25, 0.3) is 0 Å². The minimum atomic E-state index is -3.64. The van der Waals surface area contributed by atoms with Gasteiger partial charge in [0, 0.05) is 13.6 Å². The Balaban J connectivity index is 1.80. The summed E-state index contributed by atoms with van der Waals surface area (Å²) in [7, 11) is -2.09. The average molecular weight is 516 g/mol. The molecule has 3 rings (SSSR count). The summed E-state index contributed by atoms with van der Waals surface area (Å²) in [6.07, 6.45) is 0.